The molecule has 1 N–H and O–H groups in total. The molecule has 0 bridgehead atoms. The van der Waals surface area contributed by atoms with E-state index in [9.17, 15) is 4.39 Å². The van der Waals surface area contributed by atoms with Gasteiger partial charge in [-0.25, -0.2) is 4.39 Å². The molecule has 4 nitrogen and oxygen atoms in total. The van der Waals surface area contributed by atoms with Gasteiger partial charge in [-0.3, -0.25) is 0 Å². The lowest BCUT2D eigenvalue weighted by molar-refractivity contribution is 0.318. The molecule has 0 radical (unpaired) electrons. The van der Waals surface area contributed by atoms with Crippen LogP contribution in [0.2, 0.25) is 0 Å². The van der Waals surface area contributed by atoms with Crippen molar-refractivity contribution < 1.29 is 13.5 Å². The van der Waals surface area contributed by atoms with Crippen molar-refractivity contribution in [3.63, 3.8) is 0 Å². The van der Waals surface area contributed by atoms with E-state index in [1.54, 1.807) is 12.1 Å². The van der Waals surface area contributed by atoms with E-state index in [0.717, 1.165) is 17.8 Å². The van der Waals surface area contributed by atoms with E-state index >= 15 is 0 Å². The maximum absolute atomic E-state index is 13.5. The van der Waals surface area contributed by atoms with E-state index in [2.05, 4.69) is 24.1 Å². The van der Waals surface area contributed by atoms with Crippen molar-refractivity contribution in [2.45, 2.75) is 27.3 Å². The SMILES string of the molecule is Cc1ccc(F)c(Oc2nc(CNCC(C)C)co2)c1. The molecule has 0 spiro atoms. The Morgan fingerprint density at radius 3 is 2.95 bits per heavy atom. The Morgan fingerprint density at radius 2 is 2.20 bits per heavy atom. The second-order valence-corrected chi connectivity index (χ2v) is 5.17. The molecule has 1 aromatic carbocycles. The van der Waals surface area contributed by atoms with Crippen LogP contribution in [0.15, 0.2) is 28.9 Å². The first kappa shape index (κ1) is 14.5. The van der Waals surface area contributed by atoms with Gasteiger partial charge in [0.25, 0.3) is 0 Å². The zero-order chi connectivity index (χ0) is 14.5. The smallest absolute Gasteiger partial charge is 0.399 e. The highest BCUT2D eigenvalue weighted by Gasteiger charge is 2.10. The number of nitrogens with zero attached hydrogens (tertiary/aromatic N) is 1. The minimum Gasteiger partial charge on any atom is -0.417 e. The lowest BCUT2D eigenvalue weighted by atomic mass is 10.2. The van der Waals surface area contributed by atoms with E-state index in [1.807, 2.05) is 6.92 Å². The van der Waals surface area contributed by atoms with Gasteiger partial charge < -0.3 is 14.5 Å². The van der Waals surface area contributed by atoms with Gasteiger partial charge in [0.15, 0.2) is 11.6 Å². The summed E-state index contributed by atoms with van der Waals surface area (Å²) in [5.74, 6) is 0.251. The summed E-state index contributed by atoms with van der Waals surface area (Å²) < 4.78 is 24.0. The fraction of sp³-hybridized carbons (Fsp3) is 0.400. The van der Waals surface area contributed by atoms with Crippen molar-refractivity contribution in [1.29, 1.82) is 0 Å². The maximum atomic E-state index is 13.5. The number of ether oxygens (including phenoxy) is 1. The first-order valence-electron chi connectivity index (χ1n) is 6.63. The van der Waals surface area contributed by atoms with Crippen molar-refractivity contribution >= 4 is 0 Å². The minimum absolute atomic E-state index is 0.0517. The molecular formula is C15H19FN2O2. The number of benzene rings is 1. The third kappa shape index (κ3) is 4.06. The topological polar surface area (TPSA) is 47.3 Å². The van der Waals surface area contributed by atoms with Gasteiger partial charge in [0.2, 0.25) is 0 Å². The number of hydrogen-bond donors (Lipinski definition) is 1. The Bertz CT molecular complexity index is 567. The molecular weight excluding hydrogens is 259 g/mol. The summed E-state index contributed by atoms with van der Waals surface area (Å²) in [5.41, 5.74) is 1.64. The highest BCUT2D eigenvalue weighted by atomic mass is 19.1. The number of nitrogens with one attached hydrogen (secondary N) is 1. The number of rotatable bonds is 6. The van der Waals surface area contributed by atoms with Gasteiger partial charge in [-0.15, -0.1) is 0 Å². The summed E-state index contributed by atoms with van der Waals surface area (Å²) in [6.45, 7) is 7.62. The van der Waals surface area contributed by atoms with Gasteiger partial charge in [-0.1, -0.05) is 19.9 Å². The van der Waals surface area contributed by atoms with Crippen LogP contribution in [-0.4, -0.2) is 11.5 Å². The Hall–Kier alpha value is -1.88. The third-order valence-corrected chi connectivity index (χ3v) is 2.67. The molecule has 0 aliphatic carbocycles. The van der Waals surface area contributed by atoms with Crippen LogP contribution in [0, 0.1) is 18.7 Å². The Morgan fingerprint density at radius 1 is 1.40 bits per heavy atom. The zero-order valence-electron chi connectivity index (χ0n) is 11.9. The molecule has 2 rings (SSSR count). The first-order valence-corrected chi connectivity index (χ1v) is 6.63. The van der Waals surface area contributed by atoms with E-state index in [1.165, 1.54) is 12.3 Å². The molecule has 20 heavy (non-hydrogen) atoms. The second kappa shape index (κ2) is 6.52. The zero-order valence-corrected chi connectivity index (χ0v) is 11.9. The standard InChI is InChI=1S/C15H19FN2O2/c1-10(2)7-17-8-12-9-19-15(18-12)20-14-6-11(3)4-5-13(14)16/h4-6,9-10,17H,7-8H2,1-3H3. The number of halogens is 1. The molecule has 0 unspecified atom stereocenters. The predicted octanol–water partition coefficient (Wildman–Crippen LogP) is 3.66. The molecule has 1 heterocycles. The highest BCUT2D eigenvalue weighted by molar-refractivity contribution is 5.31. The molecule has 0 fully saturated rings. The van der Waals surface area contributed by atoms with Crippen LogP contribution in [0.25, 0.3) is 0 Å². The summed E-state index contributed by atoms with van der Waals surface area (Å²) in [7, 11) is 0. The van der Waals surface area contributed by atoms with Crippen molar-refractivity contribution in [3.8, 4) is 11.8 Å². The minimum atomic E-state index is -0.437. The monoisotopic (exact) mass is 278 g/mol. The lowest BCUT2D eigenvalue weighted by Crippen LogP contribution is -2.19. The van der Waals surface area contributed by atoms with Crippen LogP contribution < -0.4 is 10.1 Å². The molecule has 108 valence electrons. The van der Waals surface area contributed by atoms with Crippen molar-refractivity contribution in [3.05, 3.63) is 41.5 Å². The van der Waals surface area contributed by atoms with E-state index < -0.39 is 5.82 Å². The van der Waals surface area contributed by atoms with E-state index in [-0.39, 0.29) is 11.8 Å². The van der Waals surface area contributed by atoms with Gasteiger partial charge in [0.05, 0.1) is 5.69 Å². The summed E-state index contributed by atoms with van der Waals surface area (Å²) in [6.07, 6.45) is 1.56. The van der Waals surface area contributed by atoms with Crippen LogP contribution in [0.4, 0.5) is 4.39 Å². The van der Waals surface area contributed by atoms with E-state index in [4.69, 9.17) is 9.15 Å². The fourth-order valence-electron chi connectivity index (χ4n) is 1.69. The average molecular weight is 278 g/mol. The molecule has 0 aliphatic rings. The number of aromatic nitrogens is 1. The summed E-state index contributed by atoms with van der Waals surface area (Å²) >= 11 is 0. The van der Waals surface area contributed by atoms with Crippen molar-refractivity contribution in [2.24, 2.45) is 5.92 Å². The molecule has 0 aliphatic heterocycles. The van der Waals surface area contributed by atoms with Crippen molar-refractivity contribution in [1.82, 2.24) is 10.3 Å². The first-order chi connectivity index (χ1) is 9.54. The molecule has 2 aromatic rings. The largest absolute Gasteiger partial charge is 0.417 e. The van der Waals surface area contributed by atoms with Gasteiger partial charge in [-0.05, 0) is 37.1 Å². The van der Waals surface area contributed by atoms with Gasteiger partial charge >= 0.3 is 6.08 Å². The molecule has 1 aromatic heterocycles. The van der Waals surface area contributed by atoms with Crippen LogP contribution in [0.1, 0.15) is 25.1 Å². The number of aryl methyl sites for hydroxylation is 1. The van der Waals surface area contributed by atoms with Gasteiger partial charge in [0.1, 0.15) is 6.26 Å². The van der Waals surface area contributed by atoms with Crippen molar-refractivity contribution in [2.75, 3.05) is 6.54 Å². The van der Waals surface area contributed by atoms with Gasteiger partial charge in [-0.2, -0.15) is 4.98 Å². The third-order valence-electron chi connectivity index (χ3n) is 2.67. The molecule has 0 saturated carbocycles. The molecule has 0 atom stereocenters. The molecule has 5 heteroatoms. The van der Waals surface area contributed by atoms with E-state index in [0.29, 0.717) is 12.5 Å². The Balaban J connectivity index is 1.97. The quantitative estimate of drug-likeness (QED) is 0.876. The fourth-order valence-corrected chi connectivity index (χ4v) is 1.69. The second-order valence-electron chi connectivity index (χ2n) is 5.17. The van der Waals surface area contributed by atoms with Crippen LogP contribution in [0.5, 0.6) is 11.8 Å². The molecule has 0 amide bonds. The van der Waals surface area contributed by atoms with Gasteiger partial charge in [0, 0.05) is 6.54 Å². The summed E-state index contributed by atoms with van der Waals surface area (Å²) in [4.78, 5) is 4.16. The highest BCUT2D eigenvalue weighted by Crippen LogP contribution is 2.24. The Kier molecular flexibility index (Phi) is 4.74. The predicted molar refractivity (Wildman–Crippen MR) is 74.3 cm³/mol. The van der Waals surface area contributed by atoms with Crippen LogP contribution >= 0.6 is 0 Å². The van der Waals surface area contributed by atoms with Crippen LogP contribution in [0.3, 0.4) is 0 Å². The molecule has 0 saturated heterocycles. The summed E-state index contributed by atoms with van der Waals surface area (Å²) in [5, 5.41) is 3.25. The lowest BCUT2D eigenvalue weighted by Gasteiger charge is -2.04. The Labute approximate surface area is 118 Å². The maximum Gasteiger partial charge on any atom is 0.399 e. The number of oxazole rings is 1. The average Bonchev–Trinajstić information content (AvgIpc) is 2.81. The normalized spacial score (nSPS) is 11.1. The number of hydrogen-bond acceptors (Lipinski definition) is 4. The van der Waals surface area contributed by atoms with Crippen LogP contribution in [-0.2, 0) is 6.54 Å². The summed E-state index contributed by atoms with van der Waals surface area (Å²) in [6, 6.07) is 4.65.